The average Bonchev–Trinajstić information content (AvgIpc) is 3.16. The summed E-state index contributed by atoms with van der Waals surface area (Å²) in [6, 6.07) is 0. The van der Waals surface area contributed by atoms with E-state index in [1.54, 1.807) is 6.26 Å². The van der Waals surface area contributed by atoms with Gasteiger partial charge in [-0.15, -0.1) is 0 Å². The number of hydrogen-bond donors (Lipinski definition) is 1. The Morgan fingerprint density at radius 2 is 0.930 bits per heavy atom. The van der Waals surface area contributed by atoms with Crippen LogP contribution in [0.3, 0.4) is 0 Å². The first-order valence-corrected chi connectivity index (χ1v) is 25.6. The van der Waals surface area contributed by atoms with Gasteiger partial charge < -0.3 is 18.9 Å². The molecule has 1 unspecified atom stereocenters. The maximum absolute atomic E-state index is 12.7. The molecule has 0 saturated heterocycles. The molecule has 0 spiro atoms. The van der Waals surface area contributed by atoms with Gasteiger partial charge in [-0.1, -0.05) is 187 Å². The topological polar surface area (TPSA) is 91.3 Å². The van der Waals surface area contributed by atoms with Crippen molar-refractivity contribution in [2.75, 3.05) is 47.5 Å². The Morgan fingerprint density at radius 1 is 0.544 bits per heavy atom. The lowest BCUT2D eigenvalue weighted by Crippen LogP contribution is -2.37. The molecule has 8 nitrogen and oxygen atoms in total. The summed E-state index contributed by atoms with van der Waals surface area (Å²) in [5, 5.41) is 0. The first-order chi connectivity index (χ1) is 27.6. The second kappa shape index (κ2) is 41.5. The molecule has 1 N–H and O–H groups in total. The summed E-state index contributed by atoms with van der Waals surface area (Å²) in [5.74, 6) is -0.337. The lowest BCUT2D eigenvalue weighted by molar-refractivity contribution is -0.870. The largest absolute Gasteiger partial charge is 0.498 e. The van der Waals surface area contributed by atoms with Crippen molar-refractivity contribution in [1.29, 1.82) is 0 Å². The molecule has 9 heteroatoms. The smallest absolute Gasteiger partial charge is 0.472 e. The molecule has 0 aliphatic carbocycles. The molecule has 57 heavy (non-hydrogen) atoms. The van der Waals surface area contributed by atoms with Crippen LogP contribution in [-0.2, 0) is 27.9 Å². The molecular formula is C48H95NO7P+. The quantitative estimate of drug-likeness (QED) is 0.0163. The van der Waals surface area contributed by atoms with E-state index in [0.717, 1.165) is 32.1 Å². The monoisotopic (exact) mass is 829 g/mol. The van der Waals surface area contributed by atoms with E-state index < -0.39 is 13.9 Å². The zero-order valence-electron chi connectivity index (χ0n) is 38.3. The summed E-state index contributed by atoms with van der Waals surface area (Å²) >= 11 is 0. The summed E-state index contributed by atoms with van der Waals surface area (Å²) in [7, 11) is 1.64. The van der Waals surface area contributed by atoms with Crippen molar-refractivity contribution < 1.29 is 37.3 Å². The summed E-state index contributed by atoms with van der Waals surface area (Å²) < 4.78 is 34.8. The van der Waals surface area contributed by atoms with E-state index >= 15 is 0 Å². The Morgan fingerprint density at radius 3 is 1.35 bits per heavy atom. The highest BCUT2D eigenvalue weighted by molar-refractivity contribution is 7.47. The van der Waals surface area contributed by atoms with Gasteiger partial charge in [-0.25, -0.2) is 4.57 Å². The minimum absolute atomic E-state index is 0.0498. The molecule has 0 fully saturated rings. The number of likely N-dealkylation sites (N-methyl/N-ethyl adjacent to an activating group) is 1. The van der Waals surface area contributed by atoms with Crippen LogP contribution in [0.4, 0.5) is 0 Å². The molecule has 0 aromatic heterocycles. The Labute approximate surface area is 353 Å². The van der Waals surface area contributed by atoms with Gasteiger partial charge in [0.05, 0.1) is 34.0 Å². The van der Waals surface area contributed by atoms with E-state index in [1.165, 1.54) is 173 Å². The number of rotatable bonds is 45. The summed E-state index contributed by atoms with van der Waals surface area (Å²) in [5.41, 5.74) is 0. The van der Waals surface area contributed by atoms with Crippen LogP contribution < -0.4 is 0 Å². The molecule has 338 valence electrons. The van der Waals surface area contributed by atoms with Gasteiger partial charge in [0.15, 0.2) is 6.10 Å². The van der Waals surface area contributed by atoms with Crippen molar-refractivity contribution in [3.05, 3.63) is 24.5 Å². The predicted molar refractivity (Wildman–Crippen MR) is 242 cm³/mol. The van der Waals surface area contributed by atoms with Crippen molar-refractivity contribution in [2.45, 2.75) is 232 Å². The number of phosphoric ester groups is 1. The number of nitrogens with zero attached hydrogens (tertiary/aromatic N) is 1. The highest BCUT2D eigenvalue weighted by atomic mass is 31.2. The molecule has 0 amide bonds. The maximum Gasteiger partial charge on any atom is 0.472 e. The normalized spacial score (nSPS) is 13.8. The number of esters is 1. The number of ether oxygens (including phenoxy) is 2. The average molecular weight is 829 g/mol. The van der Waals surface area contributed by atoms with E-state index in [0.29, 0.717) is 17.4 Å². The summed E-state index contributed by atoms with van der Waals surface area (Å²) in [4.78, 5) is 22.9. The molecule has 0 rings (SSSR count). The van der Waals surface area contributed by atoms with Crippen molar-refractivity contribution in [3.8, 4) is 0 Å². The maximum atomic E-state index is 12.7. The zero-order valence-corrected chi connectivity index (χ0v) is 39.2. The molecule has 0 aliphatic heterocycles. The molecule has 0 bridgehead atoms. The van der Waals surface area contributed by atoms with Gasteiger partial charge in [-0.05, 0) is 51.0 Å². The number of phosphoric acid groups is 1. The minimum atomic E-state index is -4.29. The van der Waals surface area contributed by atoms with Crippen molar-refractivity contribution >= 4 is 13.8 Å². The van der Waals surface area contributed by atoms with E-state index in [2.05, 4.69) is 26.0 Å². The standard InChI is InChI=1S/C48H94NO7P/c1-6-8-10-12-14-16-18-20-22-24-25-26-27-29-31-33-35-37-39-41-48(50)56-47(46-55-57(51,52)54-44-42-49(3,4)5)45-53-43-40-38-36-34-32-30-28-23-21-19-17-15-13-11-9-7-2/h24-25,40,43,47H,6-23,26-39,41-42,44-46H2,1-5H3/p+1/b25-24-,43-40-/t47-/m1/s1. The zero-order chi connectivity index (χ0) is 42.0. The molecular weight excluding hydrogens is 734 g/mol. The Hall–Kier alpha value is -1.18. The fourth-order valence-electron chi connectivity index (χ4n) is 6.81. The second-order valence-corrected chi connectivity index (χ2v) is 19.0. The van der Waals surface area contributed by atoms with Crippen LogP contribution >= 0.6 is 7.82 Å². The van der Waals surface area contributed by atoms with Crippen LogP contribution in [0, 0.1) is 0 Å². The van der Waals surface area contributed by atoms with Gasteiger partial charge in [-0.3, -0.25) is 13.8 Å². The van der Waals surface area contributed by atoms with Gasteiger partial charge in [0.25, 0.3) is 0 Å². The van der Waals surface area contributed by atoms with E-state index in [9.17, 15) is 14.3 Å². The van der Waals surface area contributed by atoms with E-state index in [4.69, 9.17) is 18.5 Å². The third kappa shape index (κ3) is 45.7. The second-order valence-electron chi connectivity index (χ2n) is 17.6. The third-order valence-electron chi connectivity index (χ3n) is 10.6. The molecule has 0 aromatic carbocycles. The van der Waals surface area contributed by atoms with Crippen molar-refractivity contribution in [1.82, 2.24) is 0 Å². The number of carbonyl (C=O) groups excluding carboxylic acids is 1. The number of unbranched alkanes of at least 4 members (excludes halogenated alkanes) is 29. The third-order valence-corrected chi connectivity index (χ3v) is 11.6. The van der Waals surface area contributed by atoms with Gasteiger partial charge in [0.1, 0.15) is 19.8 Å². The number of allylic oxidation sites excluding steroid dienone is 3. The van der Waals surface area contributed by atoms with Crippen LogP contribution in [0.25, 0.3) is 0 Å². The first-order valence-electron chi connectivity index (χ1n) is 24.1. The molecule has 0 radical (unpaired) electrons. The SMILES string of the molecule is CCCCCCCCCC/C=C\CCCCCCCCCC(=O)O[C@H](CO/C=C\CCCCCCCCCCCCCCCC)COP(=O)(O)OCC[N+](C)(C)C. The molecule has 2 atom stereocenters. The molecule has 0 aromatic rings. The van der Waals surface area contributed by atoms with Gasteiger partial charge in [-0.2, -0.15) is 0 Å². The minimum Gasteiger partial charge on any atom is -0.498 e. The lowest BCUT2D eigenvalue weighted by Gasteiger charge is -2.24. The summed E-state index contributed by atoms with van der Waals surface area (Å²) in [6.45, 7) is 4.96. The van der Waals surface area contributed by atoms with E-state index in [-0.39, 0.29) is 25.8 Å². The first kappa shape index (κ1) is 55.8. The predicted octanol–water partition coefficient (Wildman–Crippen LogP) is 14.7. The highest BCUT2D eigenvalue weighted by Crippen LogP contribution is 2.43. The Bertz CT molecular complexity index is 967. The highest BCUT2D eigenvalue weighted by Gasteiger charge is 2.26. The Kier molecular flexibility index (Phi) is 40.7. The Balaban J connectivity index is 4.21. The fourth-order valence-corrected chi connectivity index (χ4v) is 7.55. The van der Waals surface area contributed by atoms with Crippen LogP contribution in [0.5, 0.6) is 0 Å². The molecule has 0 aliphatic rings. The van der Waals surface area contributed by atoms with Crippen molar-refractivity contribution in [3.63, 3.8) is 0 Å². The number of hydrogen-bond acceptors (Lipinski definition) is 6. The van der Waals surface area contributed by atoms with E-state index in [1.807, 2.05) is 27.2 Å². The molecule has 0 heterocycles. The fraction of sp³-hybridized carbons (Fsp3) is 0.896. The number of quaternary nitrogens is 1. The van der Waals surface area contributed by atoms with Crippen LogP contribution in [0.1, 0.15) is 226 Å². The molecule has 0 saturated carbocycles. The van der Waals surface area contributed by atoms with Gasteiger partial charge >= 0.3 is 13.8 Å². The lowest BCUT2D eigenvalue weighted by atomic mass is 10.0. The van der Waals surface area contributed by atoms with Gasteiger partial charge in [0, 0.05) is 6.42 Å². The van der Waals surface area contributed by atoms with Crippen LogP contribution in [-0.4, -0.2) is 69.0 Å². The van der Waals surface area contributed by atoms with Crippen LogP contribution in [0.15, 0.2) is 24.5 Å². The summed E-state index contributed by atoms with van der Waals surface area (Å²) in [6.07, 6.45) is 48.8. The van der Waals surface area contributed by atoms with Crippen LogP contribution in [0.2, 0.25) is 0 Å². The van der Waals surface area contributed by atoms with Crippen molar-refractivity contribution in [2.24, 2.45) is 0 Å². The number of carbonyl (C=O) groups is 1. The van der Waals surface area contributed by atoms with Gasteiger partial charge in [0.2, 0.25) is 0 Å².